The van der Waals surface area contributed by atoms with Crippen LogP contribution in [-0.4, -0.2) is 26.2 Å². The Hall–Kier alpha value is -1.06. The van der Waals surface area contributed by atoms with Crippen molar-refractivity contribution in [2.45, 2.75) is 103 Å². The van der Waals surface area contributed by atoms with E-state index in [0.29, 0.717) is 6.42 Å². The molecule has 0 aromatic rings. The van der Waals surface area contributed by atoms with Crippen molar-refractivity contribution in [1.82, 2.24) is 0 Å². The second kappa shape index (κ2) is 17.8. The van der Waals surface area contributed by atoms with Gasteiger partial charge in [0.05, 0.1) is 20.1 Å². The Bertz CT molecular complexity index is 328. The highest BCUT2D eigenvalue weighted by molar-refractivity contribution is 5.74. The van der Waals surface area contributed by atoms with E-state index in [1.165, 1.54) is 78.4 Å². The average Bonchev–Trinajstić information content (AvgIpc) is 2.63. The molecule has 148 valence electrons. The van der Waals surface area contributed by atoms with Gasteiger partial charge in [0.25, 0.3) is 0 Å². The van der Waals surface area contributed by atoms with Crippen molar-refractivity contribution >= 4 is 11.9 Å². The zero-order chi connectivity index (χ0) is 18.8. The fourth-order valence-corrected chi connectivity index (χ4v) is 3.17. The van der Waals surface area contributed by atoms with Gasteiger partial charge in [-0.1, -0.05) is 84.0 Å². The average molecular weight is 357 g/mol. The number of ether oxygens (including phenoxy) is 2. The third-order valence-corrected chi connectivity index (χ3v) is 4.87. The molecular weight excluding hydrogens is 316 g/mol. The zero-order valence-corrected chi connectivity index (χ0v) is 16.8. The Balaban J connectivity index is 3.58. The van der Waals surface area contributed by atoms with Crippen LogP contribution in [0.2, 0.25) is 0 Å². The van der Waals surface area contributed by atoms with Crippen molar-refractivity contribution < 1.29 is 19.1 Å². The summed E-state index contributed by atoms with van der Waals surface area (Å²) in [7, 11) is 2.79. The van der Waals surface area contributed by atoms with Crippen LogP contribution in [-0.2, 0) is 19.1 Å². The minimum Gasteiger partial charge on any atom is -0.469 e. The lowest BCUT2D eigenvalue weighted by Crippen LogP contribution is -2.18. The number of carbonyl (C=O) groups excluding carboxylic acids is 2. The Morgan fingerprint density at radius 3 is 1.60 bits per heavy atom. The van der Waals surface area contributed by atoms with Gasteiger partial charge in [0.1, 0.15) is 0 Å². The van der Waals surface area contributed by atoms with Gasteiger partial charge in [-0.05, 0) is 12.8 Å². The third-order valence-electron chi connectivity index (χ3n) is 4.87. The molecule has 1 atom stereocenters. The maximum absolute atomic E-state index is 11.8. The van der Waals surface area contributed by atoms with Crippen LogP contribution in [0, 0.1) is 5.92 Å². The number of unbranched alkanes of at least 4 members (excludes halogenated alkanes) is 11. The van der Waals surface area contributed by atoms with Crippen molar-refractivity contribution in [2.75, 3.05) is 14.2 Å². The molecule has 0 aliphatic carbocycles. The van der Waals surface area contributed by atoms with Crippen LogP contribution in [0.1, 0.15) is 103 Å². The molecule has 4 heteroatoms. The Labute approximate surface area is 155 Å². The first-order chi connectivity index (χ1) is 12.2. The molecule has 0 bridgehead atoms. The van der Waals surface area contributed by atoms with E-state index in [0.717, 1.165) is 19.3 Å². The monoisotopic (exact) mass is 356 g/mol. The van der Waals surface area contributed by atoms with Crippen molar-refractivity contribution in [3.05, 3.63) is 0 Å². The SMILES string of the molecule is CCCCCCCCCCCCCCC(CCC(=O)OC)C(=O)OC. The maximum atomic E-state index is 11.8. The van der Waals surface area contributed by atoms with Gasteiger partial charge >= 0.3 is 11.9 Å². The summed E-state index contributed by atoms with van der Waals surface area (Å²) in [6.45, 7) is 2.26. The number of methoxy groups -OCH3 is 2. The minimum atomic E-state index is -0.261. The van der Waals surface area contributed by atoms with Crippen molar-refractivity contribution in [3.8, 4) is 0 Å². The molecule has 0 aliphatic heterocycles. The molecule has 0 fully saturated rings. The van der Waals surface area contributed by atoms with E-state index in [1.807, 2.05) is 0 Å². The second-order valence-electron chi connectivity index (χ2n) is 7.01. The number of esters is 2. The van der Waals surface area contributed by atoms with Gasteiger partial charge in [0.15, 0.2) is 0 Å². The Morgan fingerprint density at radius 1 is 0.680 bits per heavy atom. The Kier molecular flexibility index (Phi) is 17.0. The second-order valence-corrected chi connectivity index (χ2v) is 7.01. The molecule has 0 saturated heterocycles. The highest BCUT2D eigenvalue weighted by Crippen LogP contribution is 2.19. The Morgan fingerprint density at radius 2 is 1.16 bits per heavy atom. The molecule has 0 aliphatic rings. The summed E-state index contributed by atoms with van der Waals surface area (Å²) in [6.07, 6.45) is 17.3. The highest BCUT2D eigenvalue weighted by atomic mass is 16.5. The van der Waals surface area contributed by atoms with Gasteiger partial charge < -0.3 is 9.47 Å². The molecule has 0 saturated carbocycles. The van der Waals surface area contributed by atoms with Crippen molar-refractivity contribution in [1.29, 1.82) is 0 Å². The smallest absolute Gasteiger partial charge is 0.308 e. The van der Waals surface area contributed by atoms with Gasteiger partial charge in [0, 0.05) is 6.42 Å². The molecule has 0 amide bonds. The number of hydrogen-bond acceptors (Lipinski definition) is 4. The van der Waals surface area contributed by atoms with E-state index in [1.54, 1.807) is 0 Å². The van der Waals surface area contributed by atoms with Crippen LogP contribution in [0.15, 0.2) is 0 Å². The van der Waals surface area contributed by atoms with E-state index in [4.69, 9.17) is 4.74 Å². The number of hydrogen-bond donors (Lipinski definition) is 0. The maximum Gasteiger partial charge on any atom is 0.308 e. The molecule has 4 nitrogen and oxygen atoms in total. The molecule has 0 aromatic carbocycles. The predicted octanol–water partition coefficient (Wildman–Crippen LogP) is 5.82. The van der Waals surface area contributed by atoms with Crippen LogP contribution in [0.5, 0.6) is 0 Å². The van der Waals surface area contributed by atoms with Crippen LogP contribution in [0.4, 0.5) is 0 Å². The summed E-state index contributed by atoms with van der Waals surface area (Å²) < 4.78 is 9.48. The summed E-state index contributed by atoms with van der Waals surface area (Å²) in [5.74, 6) is -0.636. The minimum absolute atomic E-state index is 0.174. The normalized spacial score (nSPS) is 12.0. The quantitative estimate of drug-likeness (QED) is 0.243. The lowest BCUT2D eigenvalue weighted by Gasteiger charge is -2.13. The molecule has 1 unspecified atom stereocenters. The summed E-state index contributed by atoms with van der Waals surface area (Å²) in [4.78, 5) is 23.0. The van der Waals surface area contributed by atoms with Gasteiger partial charge in [-0.3, -0.25) is 9.59 Å². The van der Waals surface area contributed by atoms with Crippen molar-refractivity contribution in [3.63, 3.8) is 0 Å². The topological polar surface area (TPSA) is 52.6 Å². The van der Waals surface area contributed by atoms with E-state index < -0.39 is 0 Å². The van der Waals surface area contributed by atoms with E-state index in [2.05, 4.69) is 11.7 Å². The van der Waals surface area contributed by atoms with Crippen LogP contribution in [0.25, 0.3) is 0 Å². The predicted molar refractivity (Wildman–Crippen MR) is 102 cm³/mol. The first kappa shape index (κ1) is 23.9. The number of rotatable bonds is 17. The molecule has 25 heavy (non-hydrogen) atoms. The fourth-order valence-electron chi connectivity index (χ4n) is 3.17. The fraction of sp³-hybridized carbons (Fsp3) is 0.905. The first-order valence-electron chi connectivity index (χ1n) is 10.3. The van der Waals surface area contributed by atoms with E-state index in [9.17, 15) is 9.59 Å². The third kappa shape index (κ3) is 14.9. The van der Waals surface area contributed by atoms with Crippen LogP contribution in [0.3, 0.4) is 0 Å². The van der Waals surface area contributed by atoms with Gasteiger partial charge in [-0.2, -0.15) is 0 Å². The van der Waals surface area contributed by atoms with E-state index in [-0.39, 0.29) is 24.3 Å². The molecule has 0 heterocycles. The first-order valence-corrected chi connectivity index (χ1v) is 10.3. The van der Waals surface area contributed by atoms with E-state index >= 15 is 0 Å². The highest BCUT2D eigenvalue weighted by Gasteiger charge is 2.20. The molecular formula is C21H40O4. The van der Waals surface area contributed by atoms with Gasteiger partial charge in [0.2, 0.25) is 0 Å². The van der Waals surface area contributed by atoms with Crippen LogP contribution < -0.4 is 0 Å². The summed E-state index contributed by atoms with van der Waals surface area (Å²) >= 11 is 0. The molecule has 0 aromatic heterocycles. The van der Waals surface area contributed by atoms with Gasteiger partial charge in [-0.15, -0.1) is 0 Å². The standard InChI is InChI=1S/C21H40O4/c1-4-5-6-7-8-9-10-11-12-13-14-15-16-19(21(23)25-3)17-18-20(22)24-2/h19H,4-18H2,1-3H3. The molecule has 0 spiro atoms. The van der Waals surface area contributed by atoms with Crippen molar-refractivity contribution in [2.24, 2.45) is 5.92 Å². The lowest BCUT2D eigenvalue weighted by atomic mass is 9.95. The summed E-state index contributed by atoms with van der Waals surface area (Å²) in [5, 5.41) is 0. The van der Waals surface area contributed by atoms with Gasteiger partial charge in [-0.25, -0.2) is 0 Å². The molecule has 0 N–H and O–H groups in total. The molecule has 0 rings (SSSR count). The molecule has 0 radical (unpaired) electrons. The largest absolute Gasteiger partial charge is 0.469 e. The summed E-state index contributed by atoms with van der Waals surface area (Å²) in [5.41, 5.74) is 0. The lowest BCUT2D eigenvalue weighted by molar-refractivity contribution is -0.147. The number of carbonyl (C=O) groups is 2. The zero-order valence-electron chi connectivity index (χ0n) is 16.8. The summed E-state index contributed by atoms with van der Waals surface area (Å²) in [6, 6.07) is 0. The van der Waals surface area contributed by atoms with Crippen LogP contribution >= 0.6 is 0 Å².